The van der Waals surface area contributed by atoms with E-state index in [0.717, 1.165) is 16.7 Å². The van der Waals surface area contributed by atoms with Crippen LogP contribution in [0, 0.1) is 6.92 Å². The molecule has 2 aromatic rings. The molecule has 0 aliphatic rings. The summed E-state index contributed by atoms with van der Waals surface area (Å²) in [5.74, 6) is -0.434. The zero-order valence-corrected chi connectivity index (χ0v) is 8.73. The summed E-state index contributed by atoms with van der Waals surface area (Å²) in [7, 11) is 0. The molecular weight excluding hydrogens is 201 g/mol. The van der Waals surface area contributed by atoms with E-state index in [0.29, 0.717) is 0 Å². The lowest BCUT2D eigenvalue weighted by atomic mass is 10.1. The van der Waals surface area contributed by atoms with Crippen LogP contribution in [0.2, 0.25) is 0 Å². The summed E-state index contributed by atoms with van der Waals surface area (Å²) in [6.07, 6.45) is 4.90. The Kier molecular flexibility index (Phi) is 3.10. The number of hydrogen-bond donors (Lipinski definition) is 0. The monoisotopic (exact) mass is 212 g/mol. The van der Waals surface area contributed by atoms with Gasteiger partial charge in [0, 0.05) is 19.3 Å². The maximum absolute atomic E-state index is 12.6. The highest BCUT2D eigenvalue weighted by molar-refractivity contribution is 5.65. The summed E-state index contributed by atoms with van der Waals surface area (Å²) >= 11 is 0. The Labute approximate surface area is 94.3 Å². The molecule has 79 valence electrons. The van der Waals surface area contributed by atoms with Crippen LogP contribution in [0.4, 0.5) is 4.39 Å². The molecule has 0 fully saturated rings. The van der Waals surface area contributed by atoms with E-state index in [1.807, 2.05) is 36.4 Å². The molecule has 1 aromatic carbocycles. The minimum absolute atomic E-state index is 0.434. The average Bonchev–Trinajstić information content (AvgIpc) is 2.30. The van der Waals surface area contributed by atoms with Gasteiger partial charge in [0.15, 0.2) is 0 Å². The number of nitrogens with zero attached hydrogens (tertiary/aromatic N) is 1. The van der Waals surface area contributed by atoms with Crippen molar-refractivity contribution in [2.45, 2.75) is 0 Å². The Morgan fingerprint density at radius 2 is 1.56 bits per heavy atom. The van der Waals surface area contributed by atoms with Crippen LogP contribution >= 0.6 is 0 Å². The van der Waals surface area contributed by atoms with Crippen LogP contribution < -0.4 is 0 Å². The van der Waals surface area contributed by atoms with Gasteiger partial charge in [0.05, 0.1) is 0 Å². The van der Waals surface area contributed by atoms with Crippen molar-refractivity contribution in [1.29, 1.82) is 0 Å². The molecule has 0 N–H and O–H groups in total. The maximum Gasteiger partial charge on any atom is 0.101 e. The molecule has 0 aliphatic heterocycles. The Morgan fingerprint density at radius 1 is 1.00 bits per heavy atom. The second kappa shape index (κ2) is 4.71. The summed E-state index contributed by atoms with van der Waals surface area (Å²) in [6.45, 7) is 3.20. The van der Waals surface area contributed by atoms with Gasteiger partial charge < -0.3 is 0 Å². The number of hydrogen-bond acceptors (Lipinski definition) is 1. The average molecular weight is 212 g/mol. The fourth-order valence-corrected chi connectivity index (χ4v) is 1.50. The zero-order chi connectivity index (χ0) is 11.4. The van der Waals surface area contributed by atoms with Crippen molar-refractivity contribution in [2.24, 2.45) is 0 Å². The van der Waals surface area contributed by atoms with Gasteiger partial charge in [-0.15, -0.1) is 0 Å². The summed E-state index contributed by atoms with van der Waals surface area (Å²) in [5, 5.41) is 0. The number of aromatic nitrogens is 1. The Balaban J connectivity index is 2.30. The van der Waals surface area contributed by atoms with E-state index in [9.17, 15) is 4.39 Å². The molecular formula is C14H11FN. The predicted octanol–water partition coefficient (Wildman–Crippen LogP) is 3.89. The van der Waals surface area contributed by atoms with Gasteiger partial charge in [-0.2, -0.15) is 0 Å². The Hall–Kier alpha value is -1.96. The maximum atomic E-state index is 12.6. The van der Waals surface area contributed by atoms with Crippen LogP contribution in [0.15, 0.2) is 54.6 Å². The highest BCUT2D eigenvalue weighted by Gasteiger charge is 1.96. The first kappa shape index (κ1) is 10.6. The second-order valence-electron chi connectivity index (χ2n) is 3.45. The summed E-state index contributed by atoms with van der Waals surface area (Å²) in [5.41, 5.74) is 3.00. The second-order valence-corrected chi connectivity index (χ2v) is 3.45. The number of pyridine rings is 1. The van der Waals surface area contributed by atoms with Crippen molar-refractivity contribution in [3.05, 3.63) is 67.1 Å². The molecule has 0 saturated heterocycles. The number of halogens is 1. The third-order valence-corrected chi connectivity index (χ3v) is 2.25. The lowest BCUT2D eigenvalue weighted by molar-refractivity contribution is 0.673. The van der Waals surface area contributed by atoms with Gasteiger partial charge in [0.1, 0.15) is 5.83 Å². The van der Waals surface area contributed by atoms with Gasteiger partial charge in [0.25, 0.3) is 0 Å². The number of rotatable bonds is 2. The van der Waals surface area contributed by atoms with Crippen molar-refractivity contribution in [2.75, 3.05) is 0 Å². The summed E-state index contributed by atoms with van der Waals surface area (Å²) < 4.78 is 12.6. The van der Waals surface area contributed by atoms with Gasteiger partial charge in [-0.25, -0.2) is 4.39 Å². The van der Waals surface area contributed by atoms with Crippen molar-refractivity contribution in [3.8, 4) is 11.1 Å². The number of allylic oxidation sites excluding steroid dienone is 1. The van der Waals surface area contributed by atoms with Crippen molar-refractivity contribution in [3.63, 3.8) is 0 Å². The highest BCUT2D eigenvalue weighted by Crippen LogP contribution is 2.19. The molecule has 1 aromatic heterocycles. The molecule has 2 heteroatoms. The van der Waals surface area contributed by atoms with Crippen LogP contribution in [0.25, 0.3) is 17.2 Å². The van der Waals surface area contributed by atoms with Crippen molar-refractivity contribution in [1.82, 2.24) is 4.98 Å². The molecule has 0 unspecified atom stereocenters. The van der Waals surface area contributed by atoms with Gasteiger partial charge >= 0.3 is 0 Å². The quantitative estimate of drug-likeness (QED) is 0.735. The first-order valence-corrected chi connectivity index (χ1v) is 4.95. The van der Waals surface area contributed by atoms with Crippen molar-refractivity contribution < 1.29 is 4.39 Å². The zero-order valence-electron chi connectivity index (χ0n) is 8.73. The van der Waals surface area contributed by atoms with Crippen LogP contribution in [-0.2, 0) is 0 Å². The first-order chi connectivity index (χ1) is 7.75. The van der Waals surface area contributed by atoms with E-state index in [4.69, 9.17) is 0 Å². The molecule has 0 bridgehead atoms. The van der Waals surface area contributed by atoms with E-state index >= 15 is 0 Å². The van der Waals surface area contributed by atoms with Crippen LogP contribution in [0.3, 0.4) is 0 Å². The molecule has 1 heterocycles. The van der Waals surface area contributed by atoms with Crippen LogP contribution in [0.1, 0.15) is 5.56 Å². The Morgan fingerprint density at radius 3 is 2.12 bits per heavy atom. The van der Waals surface area contributed by atoms with Gasteiger partial charge in [-0.05, 0) is 34.9 Å². The molecule has 0 atom stereocenters. The van der Waals surface area contributed by atoms with E-state index in [-0.39, 0.29) is 0 Å². The fourth-order valence-electron chi connectivity index (χ4n) is 1.50. The molecule has 0 amide bonds. The fraction of sp³-hybridized carbons (Fsp3) is 0. The lowest BCUT2D eigenvalue weighted by Crippen LogP contribution is -1.79. The van der Waals surface area contributed by atoms with E-state index in [1.54, 1.807) is 12.4 Å². The third-order valence-electron chi connectivity index (χ3n) is 2.25. The molecule has 16 heavy (non-hydrogen) atoms. The van der Waals surface area contributed by atoms with Gasteiger partial charge in [-0.3, -0.25) is 4.98 Å². The predicted molar refractivity (Wildman–Crippen MR) is 64.1 cm³/mol. The normalized spacial score (nSPS) is 11.5. The van der Waals surface area contributed by atoms with Gasteiger partial charge in [-0.1, -0.05) is 24.3 Å². The van der Waals surface area contributed by atoms with E-state index < -0.39 is 5.83 Å². The highest BCUT2D eigenvalue weighted by atomic mass is 19.1. The smallest absolute Gasteiger partial charge is 0.101 e. The topological polar surface area (TPSA) is 12.9 Å². The molecule has 2 rings (SSSR count). The first-order valence-electron chi connectivity index (χ1n) is 4.95. The minimum Gasteiger partial charge on any atom is -0.265 e. The van der Waals surface area contributed by atoms with E-state index in [2.05, 4.69) is 11.9 Å². The molecule has 0 spiro atoms. The van der Waals surface area contributed by atoms with E-state index in [1.165, 1.54) is 6.08 Å². The molecule has 0 aliphatic carbocycles. The lowest BCUT2D eigenvalue weighted by Gasteiger charge is -2.01. The third kappa shape index (κ3) is 2.54. The van der Waals surface area contributed by atoms with Crippen molar-refractivity contribution >= 4 is 6.08 Å². The SMILES string of the molecule is [CH2]/C(F)=C\c1ccc(-c2ccncc2)cc1. The molecule has 1 radical (unpaired) electrons. The molecule has 1 nitrogen and oxygen atoms in total. The summed E-state index contributed by atoms with van der Waals surface area (Å²) in [4.78, 5) is 3.96. The largest absolute Gasteiger partial charge is 0.265 e. The molecule has 0 saturated carbocycles. The summed E-state index contributed by atoms with van der Waals surface area (Å²) in [6, 6.07) is 11.5. The van der Waals surface area contributed by atoms with Gasteiger partial charge in [0.2, 0.25) is 0 Å². The standard InChI is InChI=1S/C14H11FN/c1-11(15)10-12-2-4-13(5-3-12)14-6-8-16-9-7-14/h2-10H,1H2/b11-10+. The van der Waals surface area contributed by atoms with Crippen LogP contribution in [0.5, 0.6) is 0 Å². The number of benzene rings is 1. The minimum atomic E-state index is -0.434. The Bertz CT molecular complexity index is 482. The van der Waals surface area contributed by atoms with Crippen LogP contribution in [-0.4, -0.2) is 4.98 Å².